The zero-order valence-electron chi connectivity index (χ0n) is 21.4. The van der Waals surface area contributed by atoms with E-state index in [9.17, 15) is 26.3 Å². The molecule has 12 heteroatoms. The number of alkyl halides is 6. The Morgan fingerprint density at radius 2 is 1.85 bits per heavy atom. The Morgan fingerprint density at radius 1 is 1.02 bits per heavy atom. The van der Waals surface area contributed by atoms with Crippen molar-refractivity contribution in [1.29, 1.82) is 0 Å². The molecule has 2 aliphatic heterocycles. The van der Waals surface area contributed by atoms with E-state index in [1.54, 1.807) is 12.1 Å². The molecule has 1 unspecified atom stereocenters. The summed E-state index contributed by atoms with van der Waals surface area (Å²) >= 11 is 0. The van der Waals surface area contributed by atoms with E-state index in [0.29, 0.717) is 28.9 Å². The van der Waals surface area contributed by atoms with Gasteiger partial charge in [0.15, 0.2) is 0 Å². The first kappa shape index (κ1) is 27.5. The summed E-state index contributed by atoms with van der Waals surface area (Å²) < 4.78 is 80.1. The Balaban J connectivity index is 1.55. The van der Waals surface area contributed by atoms with Gasteiger partial charge in [-0.2, -0.15) is 26.3 Å². The highest BCUT2D eigenvalue weighted by Crippen LogP contribution is 2.38. The highest BCUT2D eigenvalue weighted by atomic mass is 19.4. The maximum absolute atomic E-state index is 13.7. The van der Waals surface area contributed by atoms with Crippen molar-refractivity contribution in [1.82, 2.24) is 14.9 Å². The monoisotopic (exact) mass is 560 g/mol. The minimum absolute atomic E-state index is 0.212. The first-order valence-electron chi connectivity index (χ1n) is 12.8. The number of aliphatic imine (C=N–C) groups is 1. The standard InChI is InChI=1S/C28H26F6N6/c1-2-19-6-3-4-13-40(19)16-24-38-22-14-17(25-21(27(29,30)31)7-5-12-35-25)8-10-20(22)26(39-24)37-18-9-11-23(36-15-18)28(32,33)34/h5,7-12,14-16,19,38H,2-4,6,13H2,1H3,(H,37,39). The number of amidine groups is 1. The fourth-order valence-corrected chi connectivity index (χ4v) is 4.93. The average Bonchev–Trinajstić information content (AvgIpc) is 2.92. The molecular weight excluding hydrogens is 534 g/mol. The molecule has 0 spiro atoms. The van der Waals surface area contributed by atoms with Crippen LogP contribution < -0.4 is 10.6 Å². The lowest BCUT2D eigenvalue weighted by Gasteiger charge is -2.35. The molecule has 3 aromatic rings. The number of halogens is 6. The first-order valence-corrected chi connectivity index (χ1v) is 12.8. The molecule has 5 rings (SSSR count). The minimum Gasteiger partial charge on any atom is -0.371 e. The van der Waals surface area contributed by atoms with Crippen molar-refractivity contribution in [2.75, 3.05) is 17.2 Å². The maximum atomic E-state index is 13.7. The highest BCUT2D eigenvalue weighted by Gasteiger charge is 2.35. The van der Waals surface area contributed by atoms with E-state index in [1.807, 2.05) is 6.20 Å². The van der Waals surface area contributed by atoms with Crippen LogP contribution in [0.3, 0.4) is 0 Å². The molecule has 0 radical (unpaired) electrons. The van der Waals surface area contributed by atoms with Gasteiger partial charge in [0.25, 0.3) is 0 Å². The number of nitrogens with one attached hydrogen (secondary N) is 2. The van der Waals surface area contributed by atoms with Crippen LogP contribution in [-0.2, 0) is 12.4 Å². The molecule has 0 bridgehead atoms. The summed E-state index contributed by atoms with van der Waals surface area (Å²) in [6.07, 6.45) is -0.795. The largest absolute Gasteiger partial charge is 0.433 e. The van der Waals surface area contributed by atoms with Gasteiger partial charge in [0, 0.05) is 36.1 Å². The summed E-state index contributed by atoms with van der Waals surface area (Å²) in [7, 11) is 0. The van der Waals surface area contributed by atoms with Crippen molar-refractivity contribution in [3.8, 4) is 11.3 Å². The zero-order chi connectivity index (χ0) is 28.5. The molecule has 1 fully saturated rings. The molecule has 1 aromatic carbocycles. The molecule has 0 amide bonds. The molecule has 2 aliphatic rings. The van der Waals surface area contributed by atoms with Crippen molar-refractivity contribution >= 4 is 17.2 Å². The van der Waals surface area contributed by atoms with E-state index < -0.39 is 23.6 Å². The summed E-state index contributed by atoms with van der Waals surface area (Å²) in [6.45, 7) is 2.94. The number of rotatable bonds is 4. The molecular formula is C28H26F6N6. The molecule has 6 nitrogen and oxygen atoms in total. The third-order valence-corrected chi connectivity index (χ3v) is 6.90. The number of anilines is 2. The summed E-state index contributed by atoms with van der Waals surface area (Å²) in [4.78, 5) is 14.4. The van der Waals surface area contributed by atoms with Gasteiger partial charge in [-0.3, -0.25) is 4.98 Å². The maximum Gasteiger partial charge on any atom is 0.433 e. The van der Waals surface area contributed by atoms with E-state index in [0.717, 1.165) is 50.6 Å². The average molecular weight is 561 g/mol. The normalized spacial score (nSPS) is 18.7. The van der Waals surface area contributed by atoms with Gasteiger partial charge in [0.05, 0.1) is 28.8 Å². The molecule has 1 atom stereocenters. The van der Waals surface area contributed by atoms with E-state index in [-0.39, 0.29) is 16.9 Å². The van der Waals surface area contributed by atoms with Gasteiger partial charge >= 0.3 is 12.4 Å². The van der Waals surface area contributed by atoms with Crippen LogP contribution in [-0.4, -0.2) is 33.3 Å². The first-order chi connectivity index (χ1) is 19.0. The molecule has 2 aromatic heterocycles. The van der Waals surface area contributed by atoms with Crippen LogP contribution in [0.2, 0.25) is 0 Å². The van der Waals surface area contributed by atoms with E-state index in [2.05, 4.69) is 37.4 Å². The molecule has 0 aliphatic carbocycles. The third kappa shape index (κ3) is 5.90. The Bertz CT molecular complexity index is 1430. The number of fused-ring (bicyclic) bond motifs is 1. The van der Waals surface area contributed by atoms with Crippen LogP contribution in [0.25, 0.3) is 11.3 Å². The number of piperidine rings is 1. The lowest BCUT2D eigenvalue weighted by molar-refractivity contribution is -0.141. The number of benzene rings is 1. The number of likely N-dealkylation sites (tertiary alicyclic amines) is 1. The smallest absolute Gasteiger partial charge is 0.371 e. The van der Waals surface area contributed by atoms with Gasteiger partial charge in [-0.05, 0) is 62.1 Å². The molecule has 210 valence electrons. The molecule has 1 saturated heterocycles. The highest BCUT2D eigenvalue weighted by molar-refractivity contribution is 6.13. The minimum atomic E-state index is -4.59. The quantitative estimate of drug-likeness (QED) is 0.323. The number of hydrogen-bond donors (Lipinski definition) is 2. The Hall–Kier alpha value is -4.09. The van der Waals surface area contributed by atoms with Gasteiger partial charge in [-0.1, -0.05) is 13.0 Å². The summed E-state index contributed by atoms with van der Waals surface area (Å²) in [5.41, 5.74) is -0.570. The van der Waals surface area contributed by atoms with E-state index in [4.69, 9.17) is 0 Å². The summed E-state index contributed by atoms with van der Waals surface area (Å²) in [6, 6.07) is 9.32. The van der Waals surface area contributed by atoms with Gasteiger partial charge in [0.2, 0.25) is 0 Å². The van der Waals surface area contributed by atoms with Gasteiger partial charge in [-0.15, -0.1) is 0 Å². The number of hydrogen-bond acceptors (Lipinski definition) is 6. The van der Waals surface area contributed by atoms with Crippen LogP contribution >= 0.6 is 0 Å². The molecule has 0 saturated carbocycles. The predicted octanol–water partition coefficient (Wildman–Crippen LogP) is 7.53. The van der Waals surface area contributed by atoms with Crippen LogP contribution in [0.1, 0.15) is 49.4 Å². The Morgan fingerprint density at radius 3 is 2.55 bits per heavy atom. The fraction of sp³-hybridized carbons (Fsp3) is 0.321. The van der Waals surface area contributed by atoms with Crippen LogP contribution in [0.15, 0.2) is 71.9 Å². The van der Waals surface area contributed by atoms with Crippen LogP contribution in [0, 0.1) is 0 Å². The van der Waals surface area contributed by atoms with Crippen molar-refractivity contribution in [3.63, 3.8) is 0 Å². The lowest BCUT2D eigenvalue weighted by Crippen LogP contribution is -2.35. The second-order valence-electron chi connectivity index (χ2n) is 9.61. The zero-order valence-corrected chi connectivity index (χ0v) is 21.4. The number of nitrogens with zero attached hydrogens (tertiary/aromatic N) is 4. The van der Waals surface area contributed by atoms with E-state index in [1.165, 1.54) is 24.4 Å². The number of pyridine rings is 2. The molecule has 2 N–H and O–H groups in total. The Labute approximate surface area is 226 Å². The van der Waals surface area contributed by atoms with Crippen molar-refractivity contribution in [2.45, 2.75) is 51.0 Å². The van der Waals surface area contributed by atoms with Crippen molar-refractivity contribution in [3.05, 3.63) is 83.7 Å². The van der Waals surface area contributed by atoms with Crippen LogP contribution in [0.4, 0.5) is 37.7 Å². The van der Waals surface area contributed by atoms with Crippen molar-refractivity contribution in [2.24, 2.45) is 4.99 Å². The van der Waals surface area contributed by atoms with Gasteiger partial charge in [0.1, 0.15) is 17.4 Å². The SMILES string of the molecule is CCC1CCCCN1C=C1N=C(Nc2ccc(C(F)(F)F)nc2)c2ccc(-c3ncccc3C(F)(F)F)cc2N1. The van der Waals surface area contributed by atoms with Crippen molar-refractivity contribution < 1.29 is 26.3 Å². The second-order valence-corrected chi connectivity index (χ2v) is 9.61. The topological polar surface area (TPSA) is 65.4 Å². The van der Waals surface area contributed by atoms with Crippen LogP contribution in [0.5, 0.6) is 0 Å². The lowest BCUT2D eigenvalue weighted by atomic mass is 10.00. The van der Waals surface area contributed by atoms with E-state index >= 15 is 0 Å². The summed E-state index contributed by atoms with van der Waals surface area (Å²) in [5, 5.41) is 6.25. The Kier molecular flexibility index (Phi) is 7.43. The van der Waals surface area contributed by atoms with Gasteiger partial charge < -0.3 is 15.5 Å². The third-order valence-electron chi connectivity index (χ3n) is 6.90. The summed E-state index contributed by atoms with van der Waals surface area (Å²) in [5.74, 6) is 0.764. The van der Waals surface area contributed by atoms with Gasteiger partial charge in [-0.25, -0.2) is 9.98 Å². The molecule has 40 heavy (non-hydrogen) atoms. The number of aromatic nitrogens is 2. The fourth-order valence-electron chi connectivity index (χ4n) is 4.93. The second kappa shape index (κ2) is 10.8. The molecule has 4 heterocycles. The predicted molar refractivity (Wildman–Crippen MR) is 140 cm³/mol.